The third kappa shape index (κ3) is 6.32. The van der Waals surface area contributed by atoms with Gasteiger partial charge in [-0.05, 0) is 43.3 Å². The summed E-state index contributed by atoms with van der Waals surface area (Å²) in [5, 5.41) is 13.5. The lowest BCUT2D eigenvalue weighted by Crippen LogP contribution is -2.20. The fourth-order valence-electron chi connectivity index (χ4n) is 3.78. The molecule has 11 heteroatoms. The third-order valence-corrected chi connectivity index (χ3v) is 6.66. The number of methoxy groups -OCH3 is 4. The molecule has 0 bridgehead atoms. The molecule has 1 heterocycles. The van der Waals surface area contributed by atoms with E-state index in [-0.39, 0.29) is 11.7 Å². The van der Waals surface area contributed by atoms with E-state index in [9.17, 15) is 4.79 Å². The Labute approximate surface area is 231 Å². The lowest BCUT2D eigenvalue weighted by molar-refractivity contribution is -0.118. The van der Waals surface area contributed by atoms with Crippen LogP contribution in [0.15, 0.2) is 70.9 Å². The van der Waals surface area contributed by atoms with E-state index in [1.807, 2.05) is 60.0 Å². The maximum Gasteiger partial charge on any atom is 0.250 e. The number of hydrogen-bond acceptors (Lipinski definition) is 9. The topological polar surface area (TPSA) is 109 Å². The molecule has 0 spiro atoms. The highest BCUT2D eigenvalue weighted by molar-refractivity contribution is 7.99. The molecule has 0 radical (unpaired) electrons. The van der Waals surface area contributed by atoms with E-state index in [4.69, 9.17) is 18.9 Å². The summed E-state index contributed by atoms with van der Waals surface area (Å²) in [6.07, 6.45) is 1.48. The number of aromatic nitrogens is 3. The lowest BCUT2D eigenvalue weighted by atomic mass is 10.1. The van der Waals surface area contributed by atoms with Crippen molar-refractivity contribution in [1.82, 2.24) is 20.2 Å². The van der Waals surface area contributed by atoms with E-state index >= 15 is 0 Å². The number of rotatable bonds is 11. The average molecular weight is 548 g/mol. The number of carbonyl (C=O) groups is 1. The van der Waals surface area contributed by atoms with Gasteiger partial charge in [-0.15, -0.1) is 10.2 Å². The second-order valence-corrected chi connectivity index (χ2v) is 9.15. The van der Waals surface area contributed by atoms with Crippen LogP contribution in [0.5, 0.6) is 23.0 Å². The summed E-state index contributed by atoms with van der Waals surface area (Å²) in [6.45, 7) is 2.03. The second kappa shape index (κ2) is 12.8. The maximum atomic E-state index is 12.6. The van der Waals surface area contributed by atoms with E-state index in [1.54, 1.807) is 26.4 Å². The molecule has 0 saturated heterocycles. The van der Waals surface area contributed by atoms with Crippen molar-refractivity contribution in [3.05, 3.63) is 71.8 Å². The van der Waals surface area contributed by atoms with Crippen molar-refractivity contribution in [2.24, 2.45) is 5.10 Å². The number of carbonyl (C=O) groups excluding carboxylic acids is 1. The fraction of sp³-hybridized carbons (Fsp3) is 0.214. The molecular formula is C28H29N5O5S. The van der Waals surface area contributed by atoms with Crippen molar-refractivity contribution in [3.8, 4) is 40.1 Å². The van der Waals surface area contributed by atoms with Gasteiger partial charge in [0.15, 0.2) is 22.5 Å². The molecule has 0 aliphatic carbocycles. The lowest BCUT2D eigenvalue weighted by Gasteiger charge is -2.13. The minimum atomic E-state index is -0.308. The van der Waals surface area contributed by atoms with Crippen molar-refractivity contribution in [2.45, 2.75) is 12.1 Å². The Hall–Kier alpha value is -4.51. The SMILES string of the molecule is COc1ccc(-n2c(SCC(=O)N/N=C/c3ccc(OC)c(OC)c3OC)nnc2-c2ccc(C)cc2)cc1. The average Bonchev–Trinajstić information content (AvgIpc) is 3.39. The van der Waals surface area contributed by atoms with Crippen LogP contribution in [0.1, 0.15) is 11.1 Å². The summed E-state index contributed by atoms with van der Waals surface area (Å²) >= 11 is 1.25. The van der Waals surface area contributed by atoms with Crippen LogP contribution in [-0.2, 0) is 4.79 Å². The number of aryl methyl sites for hydroxylation is 1. The highest BCUT2D eigenvalue weighted by Gasteiger charge is 2.18. The molecule has 0 unspecified atom stereocenters. The number of nitrogens with one attached hydrogen (secondary N) is 1. The van der Waals surface area contributed by atoms with E-state index in [1.165, 1.54) is 32.2 Å². The Morgan fingerprint density at radius 1 is 0.897 bits per heavy atom. The molecule has 0 aliphatic rings. The highest BCUT2D eigenvalue weighted by atomic mass is 32.2. The van der Waals surface area contributed by atoms with Crippen LogP contribution < -0.4 is 24.4 Å². The Bertz CT molecular complexity index is 1450. The van der Waals surface area contributed by atoms with Crippen LogP contribution in [0.2, 0.25) is 0 Å². The van der Waals surface area contributed by atoms with E-state index < -0.39 is 0 Å². The summed E-state index contributed by atoms with van der Waals surface area (Å²) in [4.78, 5) is 12.6. The summed E-state index contributed by atoms with van der Waals surface area (Å²) in [6, 6.07) is 19.1. The fourth-order valence-corrected chi connectivity index (χ4v) is 4.52. The normalized spacial score (nSPS) is 10.9. The van der Waals surface area contributed by atoms with Crippen molar-refractivity contribution in [3.63, 3.8) is 0 Å². The number of thioether (sulfide) groups is 1. The van der Waals surface area contributed by atoms with Crippen molar-refractivity contribution in [1.29, 1.82) is 0 Å². The molecule has 39 heavy (non-hydrogen) atoms. The molecule has 0 aliphatic heterocycles. The second-order valence-electron chi connectivity index (χ2n) is 8.21. The standard InChI is InChI=1S/C28H29N5O5S/c1-18-6-8-19(9-7-18)27-31-32-28(33(27)21-11-13-22(35-2)14-12-21)39-17-24(34)30-29-16-20-10-15-23(36-3)26(38-5)25(20)37-4/h6-16H,17H2,1-5H3,(H,30,34)/b29-16+. The minimum absolute atomic E-state index is 0.0720. The number of hydrogen-bond donors (Lipinski definition) is 1. The van der Waals surface area contributed by atoms with Crippen LogP contribution in [0.3, 0.4) is 0 Å². The largest absolute Gasteiger partial charge is 0.497 e. The minimum Gasteiger partial charge on any atom is -0.497 e. The van der Waals surface area contributed by atoms with E-state index in [0.717, 1.165) is 22.6 Å². The van der Waals surface area contributed by atoms with Crippen molar-refractivity contribution < 1.29 is 23.7 Å². The first kappa shape index (κ1) is 27.5. The molecule has 0 fully saturated rings. The zero-order valence-corrected chi connectivity index (χ0v) is 23.1. The predicted molar refractivity (Wildman–Crippen MR) is 151 cm³/mol. The molecule has 0 atom stereocenters. The molecular weight excluding hydrogens is 518 g/mol. The Morgan fingerprint density at radius 3 is 2.26 bits per heavy atom. The zero-order valence-electron chi connectivity index (χ0n) is 22.3. The molecule has 1 N–H and O–H groups in total. The Morgan fingerprint density at radius 2 is 1.62 bits per heavy atom. The number of nitrogens with zero attached hydrogens (tertiary/aromatic N) is 4. The van der Waals surface area contributed by atoms with Crippen molar-refractivity contribution >= 4 is 23.9 Å². The summed E-state index contributed by atoms with van der Waals surface area (Å²) in [5.41, 5.74) is 6.06. The first-order valence-corrected chi connectivity index (χ1v) is 12.9. The van der Waals surface area contributed by atoms with Gasteiger partial charge in [0.05, 0.1) is 40.4 Å². The summed E-state index contributed by atoms with van der Waals surface area (Å²) < 4.78 is 23.4. The number of benzene rings is 3. The summed E-state index contributed by atoms with van der Waals surface area (Å²) in [5.74, 6) is 2.58. The first-order chi connectivity index (χ1) is 19.0. The van der Waals surface area contributed by atoms with Gasteiger partial charge in [0.25, 0.3) is 5.91 Å². The molecule has 4 aromatic rings. The molecule has 1 aromatic heterocycles. The quantitative estimate of drug-likeness (QED) is 0.166. The Balaban J connectivity index is 1.51. The van der Waals surface area contributed by atoms with Gasteiger partial charge in [-0.2, -0.15) is 5.10 Å². The van der Waals surface area contributed by atoms with Gasteiger partial charge in [-0.3, -0.25) is 9.36 Å². The Kier molecular flexibility index (Phi) is 9.06. The molecule has 1 amide bonds. The van der Waals surface area contributed by atoms with Gasteiger partial charge >= 0.3 is 0 Å². The van der Waals surface area contributed by atoms with Gasteiger partial charge in [0, 0.05) is 16.8 Å². The van der Waals surface area contributed by atoms with Crippen LogP contribution in [0, 0.1) is 6.92 Å². The molecule has 3 aromatic carbocycles. The molecule has 10 nitrogen and oxygen atoms in total. The predicted octanol–water partition coefficient (Wildman–Crippen LogP) is 4.52. The zero-order chi connectivity index (χ0) is 27.8. The van der Waals surface area contributed by atoms with Crippen LogP contribution in [0.4, 0.5) is 0 Å². The van der Waals surface area contributed by atoms with Crippen molar-refractivity contribution in [2.75, 3.05) is 34.2 Å². The van der Waals surface area contributed by atoms with Crippen LogP contribution in [0.25, 0.3) is 17.1 Å². The highest BCUT2D eigenvalue weighted by Crippen LogP contribution is 2.39. The molecule has 4 rings (SSSR count). The van der Waals surface area contributed by atoms with E-state index in [2.05, 4.69) is 20.7 Å². The molecule has 0 saturated carbocycles. The first-order valence-electron chi connectivity index (χ1n) is 11.9. The van der Waals surface area contributed by atoms with Gasteiger partial charge in [-0.1, -0.05) is 41.6 Å². The van der Waals surface area contributed by atoms with E-state index in [0.29, 0.717) is 33.8 Å². The number of hydrazone groups is 1. The van der Waals surface area contributed by atoms with Crippen LogP contribution >= 0.6 is 11.8 Å². The van der Waals surface area contributed by atoms with Crippen LogP contribution in [-0.4, -0.2) is 61.1 Å². The summed E-state index contributed by atoms with van der Waals surface area (Å²) in [7, 11) is 6.21. The van der Waals surface area contributed by atoms with Gasteiger partial charge < -0.3 is 18.9 Å². The number of ether oxygens (including phenoxy) is 4. The third-order valence-electron chi connectivity index (χ3n) is 5.73. The van der Waals surface area contributed by atoms with Gasteiger partial charge in [0.1, 0.15) is 5.75 Å². The smallest absolute Gasteiger partial charge is 0.250 e. The monoisotopic (exact) mass is 547 g/mol. The maximum absolute atomic E-state index is 12.6. The number of amides is 1. The van der Waals surface area contributed by atoms with Gasteiger partial charge in [0.2, 0.25) is 5.75 Å². The van der Waals surface area contributed by atoms with Gasteiger partial charge in [-0.25, -0.2) is 5.43 Å². The molecule has 202 valence electrons.